The van der Waals surface area contributed by atoms with Gasteiger partial charge in [0.1, 0.15) is 5.69 Å². The molecular weight excluding hydrogens is 242 g/mol. The van der Waals surface area contributed by atoms with E-state index in [1.807, 2.05) is 0 Å². The summed E-state index contributed by atoms with van der Waals surface area (Å²) < 4.78 is 25.9. The van der Waals surface area contributed by atoms with E-state index in [-0.39, 0.29) is 22.5 Å². The molecule has 2 aromatic rings. The molecule has 0 aliphatic heterocycles. The molecule has 2 rings (SSSR count). The third-order valence-corrected chi connectivity index (χ3v) is 2.48. The van der Waals surface area contributed by atoms with Crippen LogP contribution in [0.3, 0.4) is 0 Å². The van der Waals surface area contributed by atoms with Gasteiger partial charge in [0.25, 0.3) is 5.69 Å². The van der Waals surface area contributed by atoms with Gasteiger partial charge in [-0.25, -0.2) is 8.78 Å². The molecule has 18 heavy (non-hydrogen) atoms. The van der Waals surface area contributed by atoms with Crippen LogP contribution in [0.25, 0.3) is 11.1 Å². The molecule has 0 atom stereocenters. The monoisotopic (exact) mass is 250 g/mol. The predicted molar refractivity (Wildman–Crippen MR) is 62.9 cm³/mol. The molecule has 2 aromatic carbocycles. The number of benzene rings is 2. The van der Waals surface area contributed by atoms with E-state index in [1.165, 1.54) is 24.3 Å². The van der Waals surface area contributed by atoms with Crippen molar-refractivity contribution in [1.82, 2.24) is 0 Å². The SMILES string of the molecule is Nc1cccc(-c2ccc(F)c(F)c2)c1[N+](=O)[O-]. The minimum atomic E-state index is -1.07. The zero-order chi connectivity index (χ0) is 13.3. The van der Waals surface area contributed by atoms with Gasteiger partial charge < -0.3 is 5.73 Å². The van der Waals surface area contributed by atoms with E-state index in [1.54, 1.807) is 0 Å². The summed E-state index contributed by atoms with van der Waals surface area (Å²) in [5.41, 5.74) is 5.53. The zero-order valence-electron chi connectivity index (χ0n) is 9.06. The fourth-order valence-electron chi connectivity index (χ4n) is 1.66. The van der Waals surface area contributed by atoms with Gasteiger partial charge in [-0.2, -0.15) is 0 Å². The third kappa shape index (κ3) is 2.00. The van der Waals surface area contributed by atoms with Crippen molar-refractivity contribution in [3.8, 4) is 11.1 Å². The first-order chi connectivity index (χ1) is 8.50. The first kappa shape index (κ1) is 12.0. The maximum atomic E-state index is 13.1. The van der Waals surface area contributed by atoms with Gasteiger partial charge >= 0.3 is 0 Å². The van der Waals surface area contributed by atoms with Crippen LogP contribution in [0.15, 0.2) is 36.4 Å². The summed E-state index contributed by atoms with van der Waals surface area (Å²) in [5.74, 6) is -2.07. The summed E-state index contributed by atoms with van der Waals surface area (Å²) in [6.45, 7) is 0. The smallest absolute Gasteiger partial charge is 0.299 e. The van der Waals surface area contributed by atoms with Gasteiger partial charge in [0.05, 0.1) is 10.5 Å². The van der Waals surface area contributed by atoms with Crippen molar-refractivity contribution in [2.75, 3.05) is 5.73 Å². The average molecular weight is 250 g/mol. The molecule has 0 heterocycles. The second-order valence-electron chi connectivity index (χ2n) is 3.63. The average Bonchev–Trinajstić information content (AvgIpc) is 2.32. The van der Waals surface area contributed by atoms with Crippen LogP contribution in [-0.4, -0.2) is 4.92 Å². The summed E-state index contributed by atoms with van der Waals surface area (Å²) >= 11 is 0. The van der Waals surface area contributed by atoms with Crippen molar-refractivity contribution >= 4 is 11.4 Å². The quantitative estimate of drug-likeness (QED) is 0.505. The van der Waals surface area contributed by atoms with E-state index < -0.39 is 16.6 Å². The fourth-order valence-corrected chi connectivity index (χ4v) is 1.66. The molecule has 0 radical (unpaired) electrons. The number of nitrogen functional groups attached to an aromatic ring is 1. The highest BCUT2D eigenvalue weighted by molar-refractivity contribution is 5.80. The molecule has 0 unspecified atom stereocenters. The van der Waals surface area contributed by atoms with Crippen LogP contribution in [0.2, 0.25) is 0 Å². The second-order valence-corrected chi connectivity index (χ2v) is 3.63. The van der Waals surface area contributed by atoms with Crippen molar-refractivity contribution < 1.29 is 13.7 Å². The third-order valence-electron chi connectivity index (χ3n) is 2.48. The highest BCUT2D eigenvalue weighted by Gasteiger charge is 2.19. The summed E-state index contributed by atoms with van der Waals surface area (Å²) in [4.78, 5) is 10.3. The number of rotatable bonds is 2. The highest BCUT2D eigenvalue weighted by atomic mass is 19.2. The number of hydrogen-bond acceptors (Lipinski definition) is 3. The van der Waals surface area contributed by atoms with E-state index in [0.717, 1.165) is 12.1 Å². The number of nitrogens with zero attached hydrogens (tertiary/aromatic N) is 1. The van der Waals surface area contributed by atoms with Crippen molar-refractivity contribution in [2.24, 2.45) is 0 Å². The molecule has 0 amide bonds. The minimum Gasteiger partial charge on any atom is -0.393 e. The summed E-state index contributed by atoms with van der Waals surface area (Å²) in [6, 6.07) is 7.40. The van der Waals surface area contributed by atoms with Crippen molar-refractivity contribution in [3.05, 3.63) is 58.1 Å². The molecule has 0 fully saturated rings. The van der Waals surface area contributed by atoms with Crippen LogP contribution in [0.1, 0.15) is 0 Å². The zero-order valence-corrected chi connectivity index (χ0v) is 9.06. The van der Waals surface area contributed by atoms with Crippen molar-refractivity contribution in [2.45, 2.75) is 0 Å². The van der Waals surface area contributed by atoms with Gasteiger partial charge in [0.15, 0.2) is 11.6 Å². The number of para-hydroxylation sites is 1. The van der Waals surface area contributed by atoms with E-state index in [9.17, 15) is 18.9 Å². The summed E-state index contributed by atoms with van der Waals surface area (Å²) in [7, 11) is 0. The van der Waals surface area contributed by atoms with Gasteiger partial charge in [0.2, 0.25) is 0 Å². The standard InChI is InChI=1S/C12H8F2N2O2/c13-9-5-4-7(6-10(9)14)8-2-1-3-11(15)12(8)16(17)18/h1-6H,15H2. The Morgan fingerprint density at radius 3 is 2.44 bits per heavy atom. The van der Waals surface area contributed by atoms with Crippen LogP contribution in [0, 0.1) is 21.7 Å². The lowest BCUT2D eigenvalue weighted by atomic mass is 10.0. The molecule has 0 aromatic heterocycles. The Hall–Kier alpha value is -2.50. The van der Waals surface area contributed by atoms with Crippen LogP contribution in [0.5, 0.6) is 0 Å². The lowest BCUT2D eigenvalue weighted by Crippen LogP contribution is -1.98. The normalized spacial score (nSPS) is 10.3. The Morgan fingerprint density at radius 2 is 1.83 bits per heavy atom. The van der Waals surface area contributed by atoms with E-state index in [0.29, 0.717) is 0 Å². The van der Waals surface area contributed by atoms with Crippen LogP contribution in [-0.2, 0) is 0 Å². The molecule has 0 aliphatic carbocycles. The molecule has 4 nitrogen and oxygen atoms in total. The Labute approximate surface area is 101 Å². The molecule has 0 spiro atoms. The van der Waals surface area contributed by atoms with Gasteiger partial charge in [-0.3, -0.25) is 10.1 Å². The number of hydrogen-bond donors (Lipinski definition) is 1. The molecule has 0 saturated heterocycles. The predicted octanol–water partition coefficient (Wildman–Crippen LogP) is 3.12. The molecule has 0 aliphatic rings. The maximum Gasteiger partial charge on any atom is 0.299 e. The lowest BCUT2D eigenvalue weighted by Gasteiger charge is -2.05. The number of halogens is 2. The molecule has 0 bridgehead atoms. The van der Waals surface area contributed by atoms with E-state index in [2.05, 4.69) is 0 Å². The largest absolute Gasteiger partial charge is 0.393 e. The van der Waals surface area contributed by atoms with Gasteiger partial charge in [-0.1, -0.05) is 12.1 Å². The van der Waals surface area contributed by atoms with E-state index >= 15 is 0 Å². The Bertz CT molecular complexity index is 629. The first-order valence-electron chi connectivity index (χ1n) is 4.99. The van der Waals surface area contributed by atoms with Crippen LogP contribution < -0.4 is 5.73 Å². The molecule has 92 valence electrons. The minimum absolute atomic E-state index is 0.0257. The summed E-state index contributed by atoms with van der Waals surface area (Å²) in [5, 5.41) is 10.9. The summed E-state index contributed by atoms with van der Waals surface area (Å²) in [6.07, 6.45) is 0. The Morgan fingerprint density at radius 1 is 1.11 bits per heavy atom. The number of nitro groups is 1. The molecule has 6 heteroatoms. The second kappa shape index (κ2) is 4.40. The van der Waals surface area contributed by atoms with Gasteiger partial charge in [-0.05, 0) is 29.8 Å². The van der Waals surface area contributed by atoms with Crippen LogP contribution >= 0.6 is 0 Å². The first-order valence-corrected chi connectivity index (χ1v) is 4.99. The van der Waals surface area contributed by atoms with Crippen molar-refractivity contribution in [1.29, 1.82) is 0 Å². The molecule has 0 saturated carbocycles. The molecule has 2 N–H and O–H groups in total. The van der Waals surface area contributed by atoms with Gasteiger partial charge in [-0.15, -0.1) is 0 Å². The topological polar surface area (TPSA) is 69.2 Å². The lowest BCUT2D eigenvalue weighted by molar-refractivity contribution is -0.383. The highest BCUT2D eigenvalue weighted by Crippen LogP contribution is 2.34. The van der Waals surface area contributed by atoms with Crippen molar-refractivity contribution in [3.63, 3.8) is 0 Å². The Kier molecular flexibility index (Phi) is 2.93. The number of nitro benzene ring substituents is 1. The number of anilines is 1. The maximum absolute atomic E-state index is 13.1. The fraction of sp³-hybridized carbons (Fsp3) is 0. The number of nitrogens with two attached hydrogens (primary N) is 1. The van der Waals surface area contributed by atoms with Gasteiger partial charge in [0, 0.05) is 0 Å². The Balaban J connectivity index is 2.67. The van der Waals surface area contributed by atoms with Crippen LogP contribution in [0.4, 0.5) is 20.2 Å². The molecular formula is C12H8F2N2O2. The van der Waals surface area contributed by atoms with E-state index in [4.69, 9.17) is 5.73 Å².